The molecule has 0 bridgehead atoms. The molecule has 0 aliphatic carbocycles. The lowest BCUT2D eigenvalue weighted by atomic mass is 9.80. The number of nitrogens with one attached hydrogen (secondary N) is 1. The van der Waals surface area contributed by atoms with Crippen LogP contribution in [0.3, 0.4) is 0 Å². The van der Waals surface area contributed by atoms with E-state index in [9.17, 15) is 9.59 Å². The van der Waals surface area contributed by atoms with Crippen molar-refractivity contribution in [2.75, 3.05) is 6.61 Å². The summed E-state index contributed by atoms with van der Waals surface area (Å²) in [5.74, 6) is 36.3. The zero-order valence-electron chi connectivity index (χ0n) is 26.3. The minimum atomic E-state index is -0.493. The first-order valence-corrected chi connectivity index (χ1v) is 13.1. The van der Waals surface area contributed by atoms with Crippen molar-refractivity contribution in [2.45, 2.75) is 65.8 Å². The van der Waals surface area contributed by atoms with Gasteiger partial charge in [-0.15, -0.1) is 6.42 Å². The minimum Gasteiger partial charge on any atom is -0.463 e. The van der Waals surface area contributed by atoms with Crippen molar-refractivity contribution < 1.29 is 82.3 Å². The molecular formula is C32H48N2O14. The zero-order valence-corrected chi connectivity index (χ0v) is 26.3. The topological polar surface area (TPSA) is 203 Å². The molecule has 1 aliphatic rings. The van der Waals surface area contributed by atoms with Crippen LogP contribution in [0, 0.1) is 118 Å². The molecule has 5 atom stereocenters. The Morgan fingerprint density at radius 2 is 1.31 bits per heavy atom. The largest absolute Gasteiger partial charge is 0.463 e. The smallest absolute Gasteiger partial charge is 0.303 e. The van der Waals surface area contributed by atoms with Gasteiger partial charge in [-0.3, -0.25) is 9.59 Å². The third-order valence-electron chi connectivity index (χ3n) is 5.12. The van der Waals surface area contributed by atoms with Gasteiger partial charge < -0.3 is 14.2 Å². The summed E-state index contributed by atoms with van der Waals surface area (Å²) < 4.78 is 16.3. The molecular weight excluding hydrogens is 636 g/mol. The summed E-state index contributed by atoms with van der Waals surface area (Å²) in [7, 11) is 0. The van der Waals surface area contributed by atoms with Gasteiger partial charge in [0.25, 0.3) is 0 Å². The molecule has 0 radical (unpaired) electrons. The van der Waals surface area contributed by atoms with E-state index in [1.165, 1.54) is 19.5 Å². The summed E-state index contributed by atoms with van der Waals surface area (Å²) in [4.78, 5) is 29.4. The minimum absolute atomic E-state index is 0. The molecule has 1 saturated heterocycles. The Bertz CT molecular complexity index is 1540. The number of ether oxygens (including phenoxy) is 3. The van der Waals surface area contributed by atoms with Crippen LogP contribution in [0.15, 0.2) is 0 Å². The fourth-order valence-corrected chi connectivity index (χ4v) is 3.17. The first-order valence-electron chi connectivity index (χ1n) is 13.1. The second-order valence-electron chi connectivity index (χ2n) is 8.13. The Morgan fingerprint density at radius 3 is 1.77 bits per heavy atom. The van der Waals surface area contributed by atoms with Crippen molar-refractivity contribution in [3.05, 3.63) is 0 Å². The quantitative estimate of drug-likeness (QED) is 0.0881. The van der Waals surface area contributed by atoms with Gasteiger partial charge >= 0.3 is 11.9 Å². The number of hydrogen-bond donors (Lipinski definition) is 3. The number of hydrogen-bond acceptors (Lipinski definition) is 16. The lowest BCUT2D eigenvalue weighted by Crippen LogP contribution is -2.52. The first kappa shape index (κ1) is 44.6. The van der Waals surface area contributed by atoms with Gasteiger partial charge in [0.05, 0.1) is 12.2 Å². The van der Waals surface area contributed by atoms with Gasteiger partial charge in [-0.05, 0) is 133 Å². The predicted octanol–water partition coefficient (Wildman–Crippen LogP) is 3.75. The molecule has 0 aromatic rings. The van der Waals surface area contributed by atoms with E-state index in [4.69, 9.17) is 36.4 Å². The average molecular weight is 685 g/mol. The highest BCUT2D eigenvalue weighted by molar-refractivity contribution is 5.66. The third-order valence-corrected chi connectivity index (χ3v) is 5.12. The first-order chi connectivity index (χ1) is 23.2. The summed E-state index contributed by atoms with van der Waals surface area (Å²) >= 11 is 0. The van der Waals surface area contributed by atoms with E-state index >= 15 is 0 Å². The van der Waals surface area contributed by atoms with E-state index in [1.807, 2.05) is 13.8 Å². The normalized spacial score (nSPS) is 17.5. The third kappa shape index (κ3) is 26.8. The Balaban J connectivity index is -0.0000000600. The molecule has 3 N–H and O–H groups in total. The number of rotatable bonds is 12. The molecule has 1 fully saturated rings. The molecule has 1 heterocycles. The van der Waals surface area contributed by atoms with E-state index in [1.54, 1.807) is 6.92 Å². The number of carbonyl (C=O) groups is 2. The summed E-state index contributed by atoms with van der Waals surface area (Å²) in [6.07, 6.45) is 4.86. The zero-order chi connectivity index (χ0) is 36.3. The lowest BCUT2D eigenvalue weighted by molar-refractivity contribution is -0.741. The Labute approximate surface area is 291 Å². The van der Waals surface area contributed by atoms with Crippen LogP contribution in [0.5, 0.6) is 0 Å². The predicted molar refractivity (Wildman–Crippen MR) is 178 cm³/mol. The molecule has 0 unspecified atom stereocenters. The Hall–Kier alpha value is -5.53. The van der Waals surface area contributed by atoms with E-state index in [2.05, 4.69) is 130 Å². The molecule has 48 heavy (non-hydrogen) atoms. The number of esters is 2. The lowest BCUT2D eigenvalue weighted by Gasteiger charge is -2.43. The van der Waals surface area contributed by atoms with Gasteiger partial charge in [0.1, 0.15) is 18.8 Å². The van der Waals surface area contributed by atoms with Gasteiger partial charge in [0, 0.05) is 39.0 Å². The van der Waals surface area contributed by atoms with Gasteiger partial charge in [0.15, 0.2) is 0 Å². The molecule has 16 heteroatoms. The maximum Gasteiger partial charge on any atom is 0.303 e. The van der Waals surface area contributed by atoms with Crippen LogP contribution in [0.4, 0.5) is 0 Å². The van der Waals surface area contributed by atoms with Gasteiger partial charge in [-0.2, -0.15) is 5.26 Å². The average Bonchev–Trinajstić information content (AvgIpc) is 3.06. The summed E-state index contributed by atoms with van der Waals surface area (Å²) in [6, 6.07) is 2.11. The van der Waals surface area contributed by atoms with E-state index in [-0.39, 0.29) is 43.4 Å². The van der Waals surface area contributed by atoms with Crippen molar-refractivity contribution in [2.24, 2.45) is 11.8 Å². The molecule has 1 aliphatic heterocycles. The molecule has 0 saturated carbocycles. The Kier molecular flexibility index (Phi) is 30.5. The summed E-state index contributed by atoms with van der Waals surface area (Å²) in [5, 5.41) is 39.2. The van der Waals surface area contributed by atoms with Crippen LogP contribution in [0.25, 0.3) is 0 Å². The number of terminal acetylenes is 1. The SMILES string of the molecule is C#CC#CC#CC#CC#CC#CC#CC#CC.CC(=O)OC[C@H]1O[C@H](CCC#N)[C@@H](C)[C@@H](C)[C@@H]1OC(C)=O.OOOONOOOOO.[HH].[HH].[HH].[HH].[HH].[HH].[HH].[HH].[HH]. The molecule has 0 amide bonds. The van der Waals surface area contributed by atoms with Gasteiger partial charge in [-0.25, -0.2) is 10.5 Å². The van der Waals surface area contributed by atoms with Crippen molar-refractivity contribution in [3.63, 3.8) is 0 Å². The van der Waals surface area contributed by atoms with E-state index < -0.39 is 18.2 Å². The van der Waals surface area contributed by atoms with Crippen LogP contribution in [-0.2, 0) is 59.0 Å². The molecule has 1 rings (SSSR count). The molecule has 0 aromatic heterocycles. The van der Waals surface area contributed by atoms with Crippen molar-refractivity contribution in [3.8, 4) is 101 Å². The highest BCUT2D eigenvalue weighted by Gasteiger charge is 2.43. The van der Waals surface area contributed by atoms with E-state index in [0.717, 1.165) is 0 Å². The van der Waals surface area contributed by atoms with Gasteiger partial charge in [-0.1, -0.05) is 29.7 Å². The van der Waals surface area contributed by atoms with Crippen LogP contribution < -0.4 is 5.64 Å². The van der Waals surface area contributed by atoms with Crippen LogP contribution in [0.1, 0.15) is 60.3 Å². The number of nitriles is 1. The standard InChI is InChI=1S/C17H4.C15H23NO5.H3NO9.9H2/c1-3-5-7-9-11-13-15-17-16-14-12-10-8-6-4-2;1-9-10(2)15(20-12(4)18)14(8-19-11(3)17)21-13(9)6-5-7-16;2-6-8-4-1-5-9-10-7-3;;;;;;;;;/h1H,2H3;9-10,13-15H,5-6,8H2,1-4H3;1-3H;9*1H/t;9-,10+,13+,14+,15-;;;;;;;;;;/m.0........../s1. The molecule has 16 nitrogen and oxygen atoms in total. The number of carbonyl (C=O) groups excluding carboxylic acids is 2. The number of nitrogens with zero attached hydrogens (tertiary/aromatic N) is 1. The summed E-state index contributed by atoms with van der Waals surface area (Å²) in [5.41, 5.74) is 1.38. The Morgan fingerprint density at radius 1 is 0.792 bits per heavy atom. The fraction of sp³-hybridized carbons (Fsp3) is 0.406. The molecule has 270 valence electrons. The van der Waals surface area contributed by atoms with E-state index in [0.29, 0.717) is 12.8 Å². The monoisotopic (exact) mass is 684 g/mol. The van der Waals surface area contributed by atoms with Crippen molar-refractivity contribution in [1.29, 1.82) is 5.26 Å². The maximum atomic E-state index is 11.3. The highest BCUT2D eigenvalue weighted by Crippen LogP contribution is 2.34. The van der Waals surface area contributed by atoms with Crippen LogP contribution in [0.2, 0.25) is 0 Å². The fourth-order valence-electron chi connectivity index (χ4n) is 3.17. The molecule has 0 spiro atoms. The molecule has 0 aromatic carbocycles. The highest BCUT2D eigenvalue weighted by atomic mass is 17.8. The van der Waals surface area contributed by atoms with Crippen molar-refractivity contribution in [1.82, 2.24) is 5.64 Å². The second kappa shape index (κ2) is 32.9. The van der Waals surface area contributed by atoms with Crippen LogP contribution >= 0.6 is 0 Å². The van der Waals surface area contributed by atoms with Gasteiger partial charge in [0.2, 0.25) is 0 Å². The van der Waals surface area contributed by atoms with Crippen LogP contribution in [-0.4, -0.2) is 47.4 Å². The maximum absolute atomic E-state index is 11.3. The summed E-state index contributed by atoms with van der Waals surface area (Å²) in [6.45, 7) is 8.43. The second-order valence-corrected chi connectivity index (χ2v) is 8.13. The van der Waals surface area contributed by atoms with Crippen molar-refractivity contribution >= 4 is 11.9 Å².